The van der Waals surface area contributed by atoms with Crippen LogP contribution in [0.25, 0.3) is 0 Å². The average molecular weight is 212 g/mol. The SMILES string of the molecule is CC(C)(C)n1c(O)c(O)n(C2CC2)c1=O. The van der Waals surface area contributed by atoms with Gasteiger partial charge in [-0.25, -0.2) is 4.79 Å². The van der Waals surface area contributed by atoms with Crippen molar-refractivity contribution in [1.29, 1.82) is 0 Å². The predicted octanol–water partition coefficient (Wildman–Crippen LogP) is 1.15. The standard InChI is InChI=1S/C10H16N2O3/c1-10(2,3)12-8(14)7(13)11(9(12)15)6-4-5-6/h6,13-14H,4-5H2,1-3H3. The molecule has 15 heavy (non-hydrogen) atoms. The molecule has 2 N–H and O–H groups in total. The third-order valence-electron chi connectivity index (χ3n) is 2.62. The second-order valence-electron chi connectivity index (χ2n) is 5.04. The third-order valence-corrected chi connectivity index (χ3v) is 2.62. The normalized spacial score (nSPS) is 17.0. The molecule has 2 rings (SSSR count). The van der Waals surface area contributed by atoms with E-state index >= 15 is 0 Å². The molecule has 1 heterocycles. The molecular formula is C10H16N2O3. The smallest absolute Gasteiger partial charge is 0.334 e. The molecule has 5 nitrogen and oxygen atoms in total. The maximum Gasteiger partial charge on any atom is 0.334 e. The number of aromatic hydroxyl groups is 2. The van der Waals surface area contributed by atoms with Crippen molar-refractivity contribution >= 4 is 0 Å². The molecule has 1 saturated carbocycles. The summed E-state index contributed by atoms with van der Waals surface area (Å²) in [5.74, 6) is -0.642. The third kappa shape index (κ3) is 1.42. The monoisotopic (exact) mass is 212 g/mol. The van der Waals surface area contributed by atoms with Crippen LogP contribution in [0.15, 0.2) is 4.79 Å². The van der Waals surface area contributed by atoms with Crippen LogP contribution < -0.4 is 5.69 Å². The molecule has 0 aliphatic heterocycles. The van der Waals surface area contributed by atoms with E-state index < -0.39 is 5.54 Å². The molecule has 0 unspecified atom stereocenters. The van der Waals surface area contributed by atoms with Gasteiger partial charge in [0.15, 0.2) is 0 Å². The molecule has 1 aromatic heterocycles. The van der Waals surface area contributed by atoms with Crippen LogP contribution in [0, 0.1) is 0 Å². The number of nitrogens with zero attached hydrogens (tertiary/aromatic N) is 2. The van der Waals surface area contributed by atoms with Crippen LogP contribution in [0.4, 0.5) is 0 Å². The number of rotatable bonds is 1. The molecule has 0 spiro atoms. The van der Waals surface area contributed by atoms with E-state index in [9.17, 15) is 15.0 Å². The van der Waals surface area contributed by atoms with Gasteiger partial charge >= 0.3 is 5.69 Å². The Morgan fingerprint density at radius 1 is 1.20 bits per heavy atom. The van der Waals surface area contributed by atoms with Crippen molar-refractivity contribution in [2.45, 2.75) is 45.2 Å². The summed E-state index contributed by atoms with van der Waals surface area (Å²) in [4.78, 5) is 11.9. The van der Waals surface area contributed by atoms with Crippen molar-refractivity contribution in [2.24, 2.45) is 0 Å². The summed E-state index contributed by atoms with van der Waals surface area (Å²) in [6, 6.07) is 0.0620. The van der Waals surface area contributed by atoms with E-state index in [2.05, 4.69) is 0 Å². The lowest BCUT2D eigenvalue weighted by Gasteiger charge is -2.19. The van der Waals surface area contributed by atoms with E-state index in [1.54, 1.807) is 0 Å². The minimum absolute atomic E-state index is 0.0620. The first-order valence-corrected chi connectivity index (χ1v) is 5.09. The summed E-state index contributed by atoms with van der Waals surface area (Å²) >= 11 is 0. The van der Waals surface area contributed by atoms with Crippen LogP contribution in [-0.4, -0.2) is 19.3 Å². The first kappa shape index (κ1) is 10.1. The van der Waals surface area contributed by atoms with Gasteiger partial charge in [0.25, 0.3) is 11.8 Å². The zero-order chi connectivity index (χ0) is 11.4. The van der Waals surface area contributed by atoms with Gasteiger partial charge in [-0.3, -0.25) is 9.13 Å². The molecule has 1 aliphatic carbocycles. The van der Waals surface area contributed by atoms with Gasteiger partial charge in [-0.15, -0.1) is 0 Å². The van der Waals surface area contributed by atoms with Crippen molar-refractivity contribution < 1.29 is 10.2 Å². The van der Waals surface area contributed by atoms with Crippen LogP contribution >= 0.6 is 0 Å². The lowest BCUT2D eigenvalue weighted by Crippen LogP contribution is -2.34. The summed E-state index contributed by atoms with van der Waals surface area (Å²) in [5.41, 5.74) is -0.862. The molecular weight excluding hydrogens is 196 g/mol. The summed E-state index contributed by atoms with van der Waals surface area (Å²) in [6.45, 7) is 5.43. The van der Waals surface area contributed by atoms with Gasteiger partial charge in [0.2, 0.25) is 0 Å². The van der Waals surface area contributed by atoms with Crippen LogP contribution in [0.3, 0.4) is 0 Å². The maximum absolute atomic E-state index is 11.9. The molecule has 0 atom stereocenters. The molecule has 0 radical (unpaired) electrons. The maximum atomic E-state index is 11.9. The average Bonchev–Trinajstić information content (AvgIpc) is 2.82. The number of hydrogen-bond acceptors (Lipinski definition) is 3. The largest absolute Gasteiger partial charge is 0.491 e. The van der Waals surface area contributed by atoms with Gasteiger partial charge < -0.3 is 10.2 Å². The van der Waals surface area contributed by atoms with Crippen molar-refractivity contribution in [2.75, 3.05) is 0 Å². The lowest BCUT2D eigenvalue weighted by atomic mass is 10.1. The summed E-state index contributed by atoms with van der Waals surface area (Å²) in [6.07, 6.45) is 1.78. The molecule has 0 aromatic carbocycles. The van der Waals surface area contributed by atoms with Gasteiger partial charge in [0.1, 0.15) is 0 Å². The highest BCUT2D eigenvalue weighted by atomic mass is 16.3. The molecule has 0 saturated heterocycles. The molecule has 1 aliphatic rings. The van der Waals surface area contributed by atoms with E-state index in [-0.39, 0.29) is 23.5 Å². The van der Waals surface area contributed by atoms with Crippen molar-refractivity contribution in [1.82, 2.24) is 9.13 Å². The van der Waals surface area contributed by atoms with Crippen LogP contribution in [0.5, 0.6) is 11.8 Å². The van der Waals surface area contributed by atoms with Crippen molar-refractivity contribution in [3.05, 3.63) is 10.5 Å². The van der Waals surface area contributed by atoms with Crippen LogP contribution in [-0.2, 0) is 5.54 Å². The minimum atomic E-state index is -0.529. The zero-order valence-electron chi connectivity index (χ0n) is 9.19. The van der Waals surface area contributed by atoms with Crippen LogP contribution in [0.2, 0.25) is 0 Å². The Balaban J connectivity index is 2.66. The topological polar surface area (TPSA) is 67.4 Å². The van der Waals surface area contributed by atoms with Gasteiger partial charge in [-0.05, 0) is 33.6 Å². The minimum Gasteiger partial charge on any atom is -0.491 e. The van der Waals surface area contributed by atoms with E-state index in [0.29, 0.717) is 0 Å². The van der Waals surface area contributed by atoms with E-state index in [1.807, 2.05) is 20.8 Å². The molecule has 84 valence electrons. The highest BCUT2D eigenvalue weighted by Crippen LogP contribution is 2.40. The highest BCUT2D eigenvalue weighted by Gasteiger charge is 2.34. The summed E-state index contributed by atoms with van der Waals surface area (Å²) in [7, 11) is 0. The summed E-state index contributed by atoms with van der Waals surface area (Å²) < 4.78 is 2.50. The molecule has 1 fully saturated rings. The number of aromatic nitrogens is 2. The number of imidazole rings is 1. The zero-order valence-corrected chi connectivity index (χ0v) is 9.19. The Morgan fingerprint density at radius 2 is 1.73 bits per heavy atom. The van der Waals surface area contributed by atoms with E-state index in [4.69, 9.17) is 0 Å². The second kappa shape index (κ2) is 2.81. The summed E-state index contributed by atoms with van der Waals surface area (Å²) in [5, 5.41) is 19.4. The van der Waals surface area contributed by atoms with Crippen molar-refractivity contribution in [3.8, 4) is 11.8 Å². The van der Waals surface area contributed by atoms with Gasteiger partial charge in [-0.2, -0.15) is 0 Å². The Hall–Kier alpha value is -1.39. The van der Waals surface area contributed by atoms with Gasteiger partial charge in [0, 0.05) is 11.6 Å². The van der Waals surface area contributed by atoms with Crippen LogP contribution in [0.1, 0.15) is 39.7 Å². The Kier molecular flexibility index (Phi) is 1.90. The molecule has 0 bridgehead atoms. The lowest BCUT2D eigenvalue weighted by molar-refractivity contribution is 0.304. The van der Waals surface area contributed by atoms with Crippen molar-refractivity contribution in [3.63, 3.8) is 0 Å². The first-order chi connectivity index (χ1) is 6.84. The van der Waals surface area contributed by atoms with Gasteiger partial charge in [0.05, 0.1) is 0 Å². The van der Waals surface area contributed by atoms with E-state index in [1.165, 1.54) is 9.13 Å². The Labute approximate surface area is 87.6 Å². The Bertz CT molecular complexity index is 446. The second-order valence-corrected chi connectivity index (χ2v) is 5.04. The number of hydrogen-bond donors (Lipinski definition) is 2. The molecule has 0 amide bonds. The Morgan fingerprint density at radius 3 is 2.07 bits per heavy atom. The fourth-order valence-corrected chi connectivity index (χ4v) is 1.76. The molecule has 1 aromatic rings. The fourth-order valence-electron chi connectivity index (χ4n) is 1.76. The highest BCUT2D eigenvalue weighted by molar-refractivity contribution is 5.28. The van der Waals surface area contributed by atoms with Gasteiger partial charge in [-0.1, -0.05) is 0 Å². The quantitative estimate of drug-likeness (QED) is 0.733. The fraction of sp³-hybridized carbons (Fsp3) is 0.700. The van der Waals surface area contributed by atoms with E-state index in [0.717, 1.165) is 12.8 Å². The predicted molar refractivity (Wildman–Crippen MR) is 55.3 cm³/mol. The molecule has 5 heteroatoms. The first-order valence-electron chi connectivity index (χ1n) is 5.09.